The van der Waals surface area contributed by atoms with Gasteiger partial charge in [-0.2, -0.15) is 0 Å². The second-order valence-electron chi connectivity index (χ2n) is 6.19. The number of hydrogen-bond acceptors (Lipinski definition) is 5. The molecule has 1 atom stereocenters. The molecule has 7 heteroatoms. The van der Waals surface area contributed by atoms with Crippen LogP contribution in [0.15, 0.2) is 24.3 Å². The number of ether oxygens (including phenoxy) is 1. The van der Waals surface area contributed by atoms with Crippen molar-refractivity contribution in [1.29, 1.82) is 0 Å². The molecule has 1 aromatic carbocycles. The highest BCUT2D eigenvalue weighted by Gasteiger charge is 2.23. The van der Waals surface area contributed by atoms with E-state index in [1.807, 2.05) is 20.8 Å². The van der Waals surface area contributed by atoms with Crippen molar-refractivity contribution < 1.29 is 14.2 Å². The van der Waals surface area contributed by atoms with Crippen molar-refractivity contribution in [3.05, 3.63) is 41.5 Å². The quantitative estimate of drug-likeness (QED) is 0.879. The summed E-state index contributed by atoms with van der Waals surface area (Å²) in [6.07, 6.45) is -0.767. The van der Waals surface area contributed by atoms with E-state index in [0.29, 0.717) is 11.4 Å². The fourth-order valence-corrected chi connectivity index (χ4v) is 2.04. The number of tetrazole rings is 1. The summed E-state index contributed by atoms with van der Waals surface area (Å²) in [5, 5.41) is 21.5. The van der Waals surface area contributed by atoms with E-state index < -0.39 is 6.10 Å². The first-order chi connectivity index (χ1) is 10.4. The predicted octanol–water partition coefficient (Wildman–Crippen LogP) is 1.69. The normalized spacial score (nSPS) is 13.3. The molecule has 0 saturated carbocycles. The Bertz CT molecular complexity index is 610. The molecule has 0 saturated heterocycles. The fraction of sp³-hybridized carbons (Fsp3) is 0.533. The minimum atomic E-state index is -0.767. The second-order valence-corrected chi connectivity index (χ2v) is 6.19. The molecule has 0 fully saturated rings. The number of benzene rings is 1. The van der Waals surface area contributed by atoms with Crippen LogP contribution in [0.2, 0.25) is 0 Å². The number of nitrogens with zero attached hydrogens (tertiary/aromatic N) is 4. The van der Waals surface area contributed by atoms with Crippen LogP contribution < -0.4 is 0 Å². The monoisotopic (exact) mass is 308 g/mol. The van der Waals surface area contributed by atoms with Gasteiger partial charge in [0.15, 0.2) is 5.82 Å². The van der Waals surface area contributed by atoms with E-state index >= 15 is 0 Å². The molecule has 2 aromatic rings. The molecular formula is C15H21FN4O2. The van der Waals surface area contributed by atoms with Crippen LogP contribution in [-0.2, 0) is 23.3 Å². The highest BCUT2D eigenvalue weighted by molar-refractivity contribution is 5.16. The maximum absolute atomic E-state index is 13.4. The minimum absolute atomic E-state index is 0.0811. The van der Waals surface area contributed by atoms with Crippen LogP contribution in [0, 0.1) is 5.82 Å². The van der Waals surface area contributed by atoms with Gasteiger partial charge in [0.1, 0.15) is 5.82 Å². The number of aromatic nitrogens is 4. The molecule has 22 heavy (non-hydrogen) atoms. The van der Waals surface area contributed by atoms with Crippen LogP contribution in [0.4, 0.5) is 4.39 Å². The molecule has 0 radical (unpaired) electrons. The number of aliphatic hydroxyl groups excluding tert-OH is 1. The van der Waals surface area contributed by atoms with Crippen LogP contribution >= 0.6 is 0 Å². The third-order valence-electron chi connectivity index (χ3n) is 3.11. The van der Waals surface area contributed by atoms with Crippen molar-refractivity contribution in [3.8, 4) is 0 Å². The third kappa shape index (κ3) is 4.32. The number of halogens is 1. The summed E-state index contributed by atoms with van der Waals surface area (Å²) in [4.78, 5) is 0. The van der Waals surface area contributed by atoms with E-state index in [2.05, 4.69) is 15.5 Å². The van der Waals surface area contributed by atoms with E-state index in [0.717, 1.165) is 0 Å². The summed E-state index contributed by atoms with van der Waals surface area (Å²) < 4.78 is 20.4. The van der Waals surface area contributed by atoms with Crippen LogP contribution in [0.1, 0.15) is 32.2 Å². The maximum atomic E-state index is 13.4. The van der Waals surface area contributed by atoms with Gasteiger partial charge < -0.3 is 9.84 Å². The Hall–Kier alpha value is -1.86. The Morgan fingerprint density at radius 3 is 2.73 bits per heavy atom. The Morgan fingerprint density at radius 1 is 1.32 bits per heavy atom. The molecule has 120 valence electrons. The summed E-state index contributed by atoms with van der Waals surface area (Å²) in [6.45, 7) is 6.42. The first-order valence-electron chi connectivity index (χ1n) is 7.14. The van der Waals surface area contributed by atoms with E-state index in [1.54, 1.807) is 22.9 Å². The van der Waals surface area contributed by atoms with Crippen molar-refractivity contribution >= 4 is 0 Å². The molecule has 0 spiro atoms. The Labute approximate surface area is 128 Å². The second kappa shape index (κ2) is 6.93. The Morgan fingerprint density at radius 2 is 2.05 bits per heavy atom. The first kappa shape index (κ1) is 16.5. The van der Waals surface area contributed by atoms with E-state index in [9.17, 15) is 9.50 Å². The topological polar surface area (TPSA) is 73.1 Å². The lowest BCUT2D eigenvalue weighted by atomic mass is 9.96. The molecule has 1 N–H and O–H groups in total. The van der Waals surface area contributed by atoms with E-state index in [1.165, 1.54) is 6.07 Å². The van der Waals surface area contributed by atoms with Crippen molar-refractivity contribution in [2.75, 3.05) is 6.61 Å². The smallest absolute Gasteiger partial charge is 0.156 e. The lowest BCUT2D eigenvalue weighted by Crippen LogP contribution is -2.27. The van der Waals surface area contributed by atoms with Gasteiger partial charge in [0.2, 0.25) is 0 Å². The molecular weight excluding hydrogens is 287 g/mol. The number of rotatable bonds is 6. The van der Waals surface area contributed by atoms with Crippen LogP contribution in [0.5, 0.6) is 0 Å². The summed E-state index contributed by atoms with van der Waals surface area (Å²) in [7, 11) is 0. The predicted molar refractivity (Wildman–Crippen MR) is 78.6 cm³/mol. The highest BCUT2D eigenvalue weighted by Crippen LogP contribution is 2.18. The van der Waals surface area contributed by atoms with Crippen molar-refractivity contribution in [2.45, 2.75) is 45.4 Å². The van der Waals surface area contributed by atoms with Crippen molar-refractivity contribution in [3.63, 3.8) is 0 Å². The molecule has 6 nitrogen and oxygen atoms in total. The van der Waals surface area contributed by atoms with Gasteiger partial charge in [0.05, 0.1) is 25.9 Å². The van der Waals surface area contributed by atoms with Crippen LogP contribution in [0.3, 0.4) is 0 Å². The SMILES string of the molecule is CC(C)(C)c1nnnn1C[C@H](O)COCc1ccccc1F. The standard InChI is InChI=1S/C15H21FN4O2/c1-15(2,3)14-17-18-19-20(14)8-12(21)10-22-9-11-6-4-5-7-13(11)16/h4-7,12,21H,8-10H2,1-3H3/t12-/m0/s1. The van der Waals surface area contributed by atoms with Gasteiger partial charge in [-0.05, 0) is 16.5 Å². The van der Waals surface area contributed by atoms with Gasteiger partial charge in [-0.15, -0.1) is 5.10 Å². The summed E-state index contributed by atoms with van der Waals surface area (Å²) in [6, 6.07) is 6.40. The molecule has 0 unspecified atom stereocenters. The molecule has 1 heterocycles. The largest absolute Gasteiger partial charge is 0.389 e. The van der Waals surface area contributed by atoms with Gasteiger partial charge in [-0.1, -0.05) is 39.0 Å². The van der Waals surface area contributed by atoms with Gasteiger partial charge in [0.25, 0.3) is 0 Å². The fourth-order valence-electron chi connectivity index (χ4n) is 2.04. The van der Waals surface area contributed by atoms with E-state index in [-0.39, 0.29) is 31.0 Å². The lowest BCUT2D eigenvalue weighted by Gasteiger charge is -2.18. The molecule has 0 aliphatic heterocycles. The molecule has 0 bridgehead atoms. The minimum Gasteiger partial charge on any atom is -0.389 e. The Kier molecular flexibility index (Phi) is 5.20. The molecule has 1 aromatic heterocycles. The van der Waals surface area contributed by atoms with E-state index in [4.69, 9.17) is 4.74 Å². The molecule has 0 aliphatic rings. The molecule has 2 rings (SSSR count). The summed E-state index contributed by atoms with van der Waals surface area (Å²) in [5.41, 5.74) is 0.254. The average Bonchev–Trinajstić information content (AvgIpc) is 2.89. The van der Waals surface area contributed by atoms with Crippen LogP contribution in [0.25, 0.3) is 0 Å². The zero-order valence-electron chi connectivity index (χ0n) is 13.0. The van der Waals surface area contributed by atoms with Gasteiger partial charge in [-0.25, -0.2) is 9.07 Å². The highest BCUT2D eigenvalue weighted by atomic mass is 19.1. The van der Waals surface area contributed by atoms with Gasteiger partial charge in [0, 0.05) is 11.0 Å². The summed E-state index contributed by atoms with van der Waals surface area (Å²) >= 11 is 0. The number of hydrogen-bond donors (Lipinski definition) is 1. The van der Waals surface area contributed by atoms with Crippen molar-refractivity contribution in [1.82, 2.24) is 20.2 Å². The third-order valence-corrected chi connectivity index (χ3v) is 3.11. The zero-order valence-corrected chi connectivity index (χ0v) is 13.0. The first-order valence-corrected chi connectivity index (χ1v) is 7.14. The summed E-state index contributed by atoms with van der Waals surface area (Å²) in [5.74, 6) is 0.383. The zero-order chi connectivity index (χ0) is 16.2. The average molecular weight is 308 g/mol. The van der Waals surface area contributed by atoms with Gasteiger partial charge in [-0.3, -0.25) is 0 Å². The number of aliphatic hydroxyl groups is 1. The molecule has 0 amide bonds. The van der Waals surface area contributed by atoms with Crippen LogP contribution in [-0.4, -0.2) is 38.0 Å². The molecule has 0 aliphatic carbocycles. The Balaban J connectivity index is 1.85. The maximum Gasteiger partial charge on any atom is 0.156 e. The lowest BCUT2D eigenvalue weighted by molar-refractivity contribution is 0.0168. The van der Waals surface area contributed by atoms with Gasteiger partial charge >= 0.3 is 0 Å². The van der Waals surface area contributed by atoms with Crippen molar-refractivity contribution in [2.24, 2.45) is 0 Å².